The number of amides is 1. The molecule has 200 valence electrons. The van der Waals surface area contributed by atoms with E-state index in [-0.39, 0.29) is 23.6 Å². The van der Waals surface area contributed by atoms with E-state index < -0.39 is 6.10 Å². The average Bonchev–Trinajstić information content (AvgIpc) is 3.19. The van der Waals surface area contributed by atoms with Gasteiger partial charge in [0, 0.05) is 19.3 Å². The molecule has 38 heavy (non-hydrogen) atoms. The van der Waals surface area contributed by atoms with Crippen LogP contribution in [0.4, 0.5) is 5.82 Å². The van der Waals surface area contributed by atoms with Gasteiger partial charge in [0.25, 0.3) is 11.5 Å². The highest BCUT2D eigenvalue weighted by atomic mass is 32.2. The van der Waals surface area contributed by atoms with Crippen LogP contribution in [0.3, 0.4) is 0 Å². The van der Waals surface area contributed by atoms with Gasteiger partial charge in [-0.05, 0) is 42.5 Å². The molecule has 2 N–H and O–H groups in total. The van der Waals surface area contributed by atoms with Crippen LogP contribution in [-0.2, 0) is 4.79 Å². The number of benzene rings is 1. The van der Waals surface area contributed by atoms with Crippen LogP contribution >= 0.6 is 24.0 Å². The minimum Gasteiger partial charge on any atom is -0.387 e. The van der Waals surface area contributed by atoms with Gasteiger partial charge in [0.2, 0.25) is 0 Å². The number of pyridine rings is 1. The lowest BCUT2D eigenvalue weighted by molar-refractivity contribution is -0.122. The number of nitrogens with one attached hydrogen (secondary N) is 1. The lowest BCUT2D eigenvalue weighted by atomic mass is 9.99. The van der Waals surface area contributed by atoms with E-state index in [1.54, 1.807) is 23.2 Å². The van der Waals surface area contributed by atoms with Crippen molar-refractivity contribution in [3.63, 3.8) is 0 Å². The number of aliphatic hydroxyl groups excluding tert-OH is 1. The average molecular weight is 551 g/mol. The predicted octanol–water partition coefficient (Wildman–Crippen LogP) is 5.57. The van der Waals surface area contributed by atoms with Gasteiger partial charge in [0.1, 0.15) is 15.8 Å². The maximum atomic E-state index is 13.6. The Kier molecular flexibility index (Phi) is 9.35. The first kappa shape index (κ1) is 28.0. The van der Waals surface area contributed by atoms with Gasteiger partial charge >= 0.3 is 0 Å². The van der Waals surface area contributed by atoms with Crippen LogP contribution in [0.15, 0.2) is 58.4 Å². The zero-order chi connectivity index (χ0) is 27.2. The molecule has 1 aliphatic heterocycles. The van der Waals surface area contributed by atoms with Crippen LogP contribution in [0.1, 0.15) is 62.3 Å². The van der Waals surface area contributed by atoms with Crippen LogP contribution in [0.2, 0.25) is 0 Å². The van der Waals surface area contributed by atoms with Crippen molar-refractivity contribution in [2.75, 3.05) is 18.4 Å². The van der Waals surface area contributed by atoms with Crippen LogP contribution in [0.5, 0.6) is 0 Å². The number of thioether (sulfide) groups is 1. The molecule has 0 saturated carbocycles. The summed E-state index contributed by atoms with van der Waals surface area (Å²) in [6, 6.07) is 13.0. The second-order valence-corrected chi connectivity index (χ2v) is 11.3. The Balaban J connectivity index is 1.68. The normalized spacial score (nSPS) is 16.4. The highest BCUT2D eigenvalue weighted by Gasteiger charge is 2.34. The fourth-order valence-corrected chi connectivity index (χ4v) is 5.78. The number of anilines is 1. The SMILES string of the molecule is CCCCC(CC)CN1C(=O)C(=Cc2c(NCC(O)c3ccccc3)nc3c(C)cccn3c2=O)SC1=S. The topological polar surface area (TPSA) is 86.9 Å². The number of aliphatic hydroxyl groups is 1. The Morgan fingerprint density at radius 2 is 1.92 bits per heavy atom. The number of carbonyl (C=O) groups excluding carboxylic acids is 1. The molecule has 0 bridgehead atoms. The monoisotopic (exact) mass is 550 g/mol. The van der Waals surface area contributed by atoms with Crippen LogP contribution < -0.4 is 10.9 Å². The van der Waals surface area contributed by atoms with Crippen molar-refractivity contribution < 1.29 is 9.90 Å². The van der Waals surface area contributed by atoms with Crippen LogP contribution in [0.25, 0.3) is 11.7 Å². The second kappa shape index (κ2) is 12.7. The summed E-state index contributed by atoms with van der Waals surface area (Å²) < 4.78 is 1.99. The molecule has 2 atom stereocenters. The summed E-state index contributed by atoms with van der Waals surface area (Å²) in [6.07, 6.45) is 6.72. The molecule has 0 radical (unpaired) electrons. The van der Waals surface area contributed by atoms with Gasteiger partial charge in [-0.3, -0.25) is 18.9 Å². The molecule has 1 aromatic carbocycles. The van der Waals surface area contributed by atoms with E-state index in [1.807, 2.05) is 43.3 Å². The number of aromatic nitrogens is 2. The van der Waals surface area contributed by atoms with Crippen molar-refractivity contribution in [3.8, 4) is 0 Å². The quantitative estimate of drug-likeness (QED) is 0.239. The Morgan fingerprint density at radius 3 is 2.63 bits per heavy atom. The molecular formula is C29H34N4O3S2. The molecule has 4 rings (SSSR count). The van der Waals surface area contributed by atoms with Gasteiger partial charge in [-0.1, -0.05) is 93.5 Å². The Hall–Kier alpha value is -3.01. The Morgan fingerprint density at radius 1 is 1.16 bits per heavy atom. The number of hydrogen-bond acceptors (Lipinski definition) is 7. The van der Waals surface area contributed by atoms with Gasteiger partial charge < -0.3 is 10.4 Å². The predicted molar refractivity (Wildman–Crippen MR) is 159 cm³/mol. The molecule has 3 heterocycles. The molecular weight excluding hydrogens is 516 g/mol. The second-order valence-electron chi connectivity index (χ2n) is 9.58. The lowest BCUT2D eigenvalue weighted by Crippen LogP contribution is -2.33. The highest BCUT2D eigenvalue weighted by molar-refractivity contribution is 8.26. The molecule has 1 aliphatic rings. The molecule has 1 saturated heterocycles. The number of carbonyl (C=O) groups is 1. The minimum atomic E-state index is -0.798. The standard InChI is InChI=1S/C29H34N4O3S2/c1-4-6-12-20(5-2)18-33-28(36)24(38-29(33)37)16-22-25(30-17-23(34)21-13-8-7-9-14-21)31-26-19(3)11-10-15-32(26)27(22)35/h7-11,13-16,20,23,30,34H,4-6,12,17-18H2,1-3H3. The van der Waals surface area contributed by atoms with Crippen molar-refractivity contribution in [3.05, 3.63) is 80.6 Å². The summed E-state index contributed by atoms with van der Waals surface area (Å²) in [4.78, 5) is 33.8. The molecule has 7 nitrogen and oxygen atoms in total. The third kappa shape index (κ3) is 6.17. The molecule has 2 unspecified atom stereocenters. The van der Waals surface area contributed by atoms with E-state index in [4.69, 9.17) is 17.2 Å². The fraction of sp³-hybridized carbons (Fsp3) is 0.379. The number of thiocarbonyl (C=S) groups is 1. The minimum absolute atomic E-state index is 0.149. The zero-order valence-electron chi connectivity index (χ0n) is 22.0. The molecule has 3 aromatic rings. The first-order valence-electron chi connectivity index (χ1n) is 13.1. The fourth-order valence-electron chi connectivity index (χ4n) is 4.53. The summed E-state index contributed by atoms with van der Waals surface area (Å²) in [7, 11) is 0. The largest absolute Gasteiger partial charge is 0.387 e. The summed E-state index contributed by atoms with van der Waals surface area (Å²) in [6.45, 7) is 6.92. The van der Waals surface area contributed by atoms with Gasteiger partial charge in [0.15, 0.2) is 0 Å². The van der Waals surface area contributed by atoms with Gasteiger partial charge in [-0.15, -0.1) is 0 Å². The summed E-state index contributed by atoms with van der Waals surface area (Å²) in [5, 5.41) is 13.9. The van der Waals surface area contributed by atoms with Crippen LogP contribution in [0, 0.1) is 12.8 Å². The lowest BCUT2D eigenvalue weighted by Gasteiger charge is -2.21. The number of rotatable bonds is 11. The maximum absolute atomic E-state index is 13.6. The van der Waals surface area contributed by atoms with E-state index in [0.29, 0.717) is 33.2 Å². The van der Waals surface area contributed by atoms with Crippen molar-refractivity contribution >= 4 is 51.7 Å². The highest BCUT2D eigenvalue weighted by Crippen LogP contribution is 2.34. The smallest absolute Gasteiger partial charge is 0.267 e. The number of hydrogen-bond donors (Lipinski definition) is 2. The molecule has 1 amide bonds. The van der Waals surface area contributed by atoms with Gasteiger partial charge in [0.05, 0.1) is 16.6 Å². The van der Waals surface area contributed by atoms with Crippen molar-refractivity contribution in [2.45, 2.75) is 52.6 Å². The van der Waals surface area contributed by atoms with E-state index in [0.717, 1.165) is 36.8 Å². The molecule has 0 aliphatic carbocycles. The first-order chi connectivity index (χ1) is 18.3. The zero-order valence-corrected chi connectivity index (χ0v) is 23.6. The first-order valence-corrected chi connectivity index (χ1v) is 14.3. The van der Waals surface area contributed by atoms with Crippen LogP contribution in [-0.4, -0.2) is 42.7 Å². The van der Waals surface area contributed by atoms with E-state index in [9.17, 15) is 14.7 Å². The molecule has 1 fully saturated rings. The summed E-state index contributed by atoms with van der Waals surface area (Å²) in [5.74, 6) is 0.516. The molecule has 9 heteroatoms. The van der Waals surface area contributed by atoms with E-state index in [2.05, 4.69) is 19.2 Å². The summed E-state index contributed by atoms with van der Waals surface area (Å²) in [5.41, 5.74) is 2.07. The Bertz CT molecular complexity index is 1400. The third-order valence-electron chi connectivity index (χ3n) is 6.86. The summed E-state index contributed by atoms with van der Waals surface area (Å²) >= 11 is 6.78. The number of unbranched alkanes of at least 4 members (excludes halogenated alkanes) is 1. The van der Waals surface area contributed by atoms with E-state index >= 15 is 0 Å². The van der Waals surface area contributed by atoms with Crippen molar-refractivity contribution in [1.82, 2.24) is 14.3 Å². The van der Waals surface area contributed by atoms with Crippen molar-refractivity contribution in [1.29, 1.82) is 0 Å². The molecule has 2 aromatic heterocycles. The molecule has 0 spiro atoms. The van der Waals surface area contributed by atoms with Crippen molar-refractivity contribution in [2.24, 2.45) is 5.92 Å². The van der Waals surface area contributed by atoms with Gasteiger partial charge in [-0.25, -0.2) is 4.98 Å². The Labute approximate surface area is 233 Å². The maximum Gasteiger partial charge on any atom is 0.267 e. The number of aryl methyl sites for hydroxylation is 1. The van der Waals surface area contributed by atoms with Gasteiger partial charge in [-0.2, -0.15) is 0 Å². The number of nitrogens with zero attached hydrogens (tertiary/aromatic N) is 3. The van der Waals surface area contributed by atoms with E-state index in [1.165, 1.54) is 16.2 Å². The number of fused-ring (bicyclic) bond motifs is 1. The third-order valence-corrected chi connectivity index (χ3v) is 8.24.